The summed E-state index contributed by atoms with van der Waals surface area (Å²) >= 11 is 6.23. The maximum Gasteiger partial charge on any atom is 0.335 e. The molecule has 0 spiro atoms. The highest BCUT2D eigenvalue weighted by atomic mass is 35.5. The van der Waals surface area contributed by atoms with Crippen LogP contribution < -0.4 is 0 Å². The van der Waals surface area contributed by atoms with E-state index in [-0.39, 0.29) is 17.5 Å². The van der Waals surface area contributed by atoms with Crippen molar-refractivity contribution in [2.75, 3.05) is 0 Å². The molecule has 1 heterocycles. The van der Waals surface area contributed by atoms with Crippen LogP contribution in [0.4, 0.5) is 0 Å². The Balaban J connectivity index is 2.52. The molecule has 0 aromatic heterocycles. The van der Waals surface area contributed by atoms with Crippen LogP contribution in [-0.2, 0) is 9.59 Å². The third-order valence-electron chi connectivity index (χ3n) is 5.74. The van der Waals surface area contributed by atoms with Gasteiger partial charge in [0.2, 0.25) is 0 Å². The molecule has 0 saturated carbocycles. The number of aliphatic imine (C=N–C) groups is 1. The van der Waals surface area contributed by atoms with Gasteiger partial charge in [0, 0.05) is 10.6 Å². The summed E-state index contributed by atoms with van der Waals surface area (Å²) in [5, 5.41) is 9.79. The second-order valence-electron chi connectivity index (χ2n) is 8.81. The number of allylic oxidation sites excluding steroid dienone is 5. The summed E-state index contributed by atoms with van der Waals surface area (Å²) < 4.78 is 0. The summed E-state index contributed by atoms with van der Waals surface area (Å²) in [5.41, 5.74) is 4.45. The molecule has 5 nitrogen and oxygen atoms in total. The van der Waals surface area contributed by atoms with Gasteiger partial charge in [-0.15, -0.1) is 5.73 Å². The van der Waals surface area contributed by atoms with E-state index in [1.165, 1.54) is 6.08 Å². The molecule has 34 heavy (non-hydrogen) atoms. The van der Waals surface area contributed by atoms with Gasteiger partial charge in [-0.05, 0) is 56.9 Å². The first-order valence-electron chi connectivity index (χ1n) is 11.9. The zero-order chi connectivity index (χ0) is 25.3. The first kappa shape index (κ1) is 27.4. The number of carboxylic acid groups (broad SMARTS) is 1. The van der Waals surface area contributed by atoms with E-state index in [9.17, 15) is 14.7 Å². The molecule has 0 fully saturated rings. The fraction of sp³-hybridized carbons (Fsp3) is 0.429. The normalized spacial score (nSPS) is 18.4. The molecule has 0 saturated heterocycles. The molecule has 0 aromatic carbocycles. The fourth-order valence-electron chi connectivity index (χ4n) is 4.03. The molecule has 0 aromatic rings. The number of rotatable bonds is 11. The maximum atomic E-state index is 13.8. The Labute approximate surface area is 208 Å². The van der Waals surface area contributed by atoms with Crippen LogP contribution in [0.5, 0.6) is 0 Å². The number of hydrogen-bond donors (Lipinski definition) is 1. The van der Waals surface area contributed by atoms with Crippen LogP contribution >= 0.6 is 11.6 Å². The SMILES string of the molecule is C=C/C(Cl)=C\C(=C=CCCC)C1=NC(C)(C)N(C(CCCC)C2=CCC=C(C(=O)O)C=C2)C1=O. The van der Waals surface area contributed by atoms with Gasteiger partial charge in [0.25, 0.3) is 5.91 Å². The lowest BCUT2D eigenvalue weighted by molar-refractivity contribution is -0.132. The van der Waals surface area contributed by atoms with Crippen LogP contribution in [0.1, 0.15) is 66.2 Å². The topological polar surface area (TPSA) is 70.0 Å². The Morgan fingerprint density at radius 1 is 1.32 bits per heavy atom. The quantitative estimate of drug-likeness (QED) is 0.264. The predicted molar refractivity (Wildman–Crippen MR) is 140 cm³/mol. The van der Waals surface area contributed by atoms with Crippen molar-refractivity contribution >= 4 is 29.2 Å². The summed E-state index contributed by atoms with van der Waals surface area (Å²) in [4.78, 5) is 31.9. The molecule has 182 valence electrons. The number of carboxylic acids is 1. The first-order chi connectivity index (χ1) is 16.2. The Hall–Kier alpha value is -2.88. The van der Waals surface area contributed by atoms with Gasteiger partial charge in [0.05, 0.1) is 11.6 Å². The molecule has 2 aliphatic rings. The van der Waals surface area contributed by atoms with Crippen molar-refractivity contribution in [3.8, 4) is 0 Å². The van der Waals surface area contributed by atoms with E-state index in [0.29, 0.717) is 22.7 Å². The molecule has 1 amide bonds. The van der Waals surface area contributed by atoms with Crippen LogP contribution in [0.15, 0.2) is 81.6 Å². The maximum absolute atomic E-state index is 13.8. The van der Waals surface area contributed by atoms with Crippen LogP contribution in [-0.4, -0.2) is 39.3 Å². The molecule has 2 rings (SSSR count). The lowest BCUT2D eigenvalue weighted by Gasteiger charge is -2.38. The molecular formula is C28H35ClN2O3. The Bertz CT molecular complexity index is 1030. The average Bonchev–Trinajstić information content (AvgIpc) is 2.94. The molecule has 1 unspecified atom stereocenters. The number of halogens is 1. The zero-order valence-corrected chi connectivity index (χ0v) is 21.4. The molecule has 1 N–H and O–H groups in total. The van der Waals surface area contributed by atoms with Crippen molar-refractivity contribution in [1.29, 1.82) is 0 Å². The lowest BCUT2D eigenvalue weighted by atomic mass is 9.95. The standard InChI is InChI=1S/C28H35ClN2O3/c1-6-9-11-13-22(19-23(29)8-3)25-26(32)31(28(4,5)30-25)24(16-10-7-2)20-14-12-15-21(18-17-20)27(33)34/h8,11,14-15,17-19,24H,3,6-7,9-10,12,16H2,1-2,4-5H3,(H,33,34)/b23-19+. The van der Waals surface area contributed by atoms with Crippen molar-refractivity contribution < 1.29 is 14.7 Å². The minimum absolute atomic E-state index is 0.187. The van der Waals surface area contributed by atoms with Crippen molar-refractivity contribution in [1.82, 2.24) is 4.90 Å². The second kappa shape index (κ2) is 12.5. The summed E-state index contributed by atoms with van der Waals surface area (Å²) in [7, 11) is 0. The summed E-state index contributed by atoms with van der Waals surface area (Å²) in [6, 6.07) is -0.235. The summed E-state index contributed by atoms with van der Waals surface area (Å²) in [6.07, 6.45) is 17.1. The van der Waals surface area contributed by atoms with E-state index < -0.39 is 11.6 Å². The Morgan fingerprint density at radius 2 is 2.06 bits per heavy atom. The van der Waals surface area contributed by atoms with Crippen molar-refractivity contribution in [2.45, 2.75) is 77.9 Å². The molecule has 0 bridgehead atoms. The van der Waals surface area contributed by atoms with Gasteiger partial charge in [-0.25, -0.2) is 4.79 Å². The molecule has 0 radical (unpaired) electrons. The van der Waals surface area contributed by atoms with Crippen LogP contribution in [0, 0.1) is 0 Å². The van der Waals surface area contributed by atoms with Gasteiger partial charge in [-0.3, -0.25) is 9.79 Å². The van der Waals surface area contributed by atoms with Crippen LogP contribution in [0.25, 0.3) is 0 Å². The molecule has 1 aliphatic heterocycles. The van der Waals surface area contributed by atoms with E-state index in [1.807, 2.05) is 37.0 Å². The average molecular weight is 483 g/mol. The third-order valence-corrected chi connectivity index (χ3v) is 6.00. The number of aliphatic carboxylic acids is 1. The van der Waals surface area contributed by atoms with Crippen LogP contribution in [0.2, 0.25) is 0 Å². The minimum Gasteiger partial charge on any atom is -0.478 e. The van der Waals surface area contributed by atoms with E-state index in [1.54, 1.807) is 18.2 Å². The van der Waals surface area contributed by atoms with E-state index >= 15 is 0 Å². The van der Waals surface area contributed by atoms with Crippen molar-refractivity contribution in [3.63, 3.8) is 0 Å². The Kier molecular flexibility index (Phi) is 10.1. The minimum atomic E-state index is -0.960. The number of amides is 1. The van der Waals surface area contributed by atoms with Gasteiger partial charge >= 0.3 is 5.97 Å². The number of carbonyl (C=O) groups is 2. The van der Waals surface area contributed by atoms with E-state index in [0.717, 1.165) is 37.7 Å². The molecule has 6 heteroatoms. The summed E-state index contributed by atoms with van der Waals surface area (Å²) in [6.45, 7) is 11.7. The predicted octanol–water partition coefficient (Wildman–Crippen LogP) is 6.65. The van der Waals surface area contributed by atoms with Gasteiger partial charge in [0.1, 0.15) is 11.4 Å². The highest BCUT2D eigenvalue weighted by Gasteiger charge is 2.45. The van der Waals surface area contributed by atoms with E-state index in [4.69, 9.17) is 16.6 Å². The van der Waals surface area contributed by atoms with Crippen LogP contribution in [0.3, 0.4) is 0 Å². The second-order valence-corrected chi connectivity index (χ2v) is 9.25. The Morgan fingerprint density at radius 3 is 2.68 bits per heavy atom. The third kappa shape index (κ3) is 6.82. The highest BCUT2D eigenvalue weighted by molar-refractivity contribution is 6.48. The molecule has 1 aliphatic carbocycles. The summed E-state index contributed by atoms with van der Waals surface area (Å²) in [5.74, 6) is -1.15. The molecular weight excluding hydrogens is 448 g/mol. The van der Waals surface area contributed by atoms with Gasteiger partial charge in [0.15, 0.2) is 0 Å². The number of nitrogens with zero attached hydrogens (tertiary/aromatic N) is 2. The van der Waals surface area contributed by atoms with Crippen molar-refractivity contribution in [2.24, 2.45) is 4.99 Å². The van der Waals surface area contributed by atoms with Crippen molar-refractivity contribution in [3.05, 3.63) is 76.6 Å². The number of carbonyl (C=O) groups excluding carboxylic acids is 1. The van der Waals surface area contributed by atoms with E-state index in [2.05, 4.69) is 26.2 Å². The largest absolute Gasteiger partial charge is 0.478 e. The highest BCUT2D eigenvalue weighted by Crippen LogP contribution is 2.34. The zero-order valence-electron chi connectivity index (χ0n) is 20.6. The van der Waals surface area contributed by atoms with Gasteiger partial charge in [-0.2, -0.15) is 0 Å². The number of hydrogen-bond acceptors (Lipinski definition) is 3. The first-order valence-corrected chi connectivity index (χ1v) is 12.2. The lowest BCUT2D eigenvalue weighted by Crippen LogP contribution is -2.50. The van der Waals surface area contributed by atoms with Gasteiger partial charge < -0.3 is 10.0 Å². The smallest absolute Gasteiger partial charge is 0.335 e. The number of unbranched alkanes of at least 4 members (excludes halogenated alkanes) is 2. The fourth-order valence-corrected chi connectivity index (χ4v) is 4.14. The molecule has 1 atom stereocenters. The monoisotopic (exact) mass is 482 g/mol. The van der Waals surface area contributed by atoms with Gasteiger partial charge in [-0.1, -0.05) is 75.6 Å².